The molecule has 0 unspecified atom stereocenters. The molecule has 0 aliphatic carbocycles. The fraction of sp³-hybridized carbons (Fsp3) is 0.250. The topological polar surface area (TPSA) is 16.1 Å². The van der Waals surface area contributed by atoms with Crippen molar-refractivity contribution in [1.29, 1.82) is 0 Å². The van der Waals surface area contributed by atoms with Gasteiger partial charge in [-0.15, -0.1) is 0 Å². The van der Waals surface area contributed by atoms with Crippen molar-refractivity contribution in [2.75, 3.05) is 7.05 Å². The third kappa shape index (κ3) is 3.68. The number of pyridine rings is 1. The number of nitrogens with zero attached hydrogens (tertiary/aromatic N) is 2. The van der Waals surface area contributed by atoms with Crippen molar-refractivity contribution in [1.82, 2.24) is 9.88 Å². The summed E-state index contributed by atoms with van der Waals surface area (Å²) in [6.45, 7) is 1.57. The second-order valence-corrected chi connectivity index (χ2v) is 5.44. The minimum absolute atomic E-state index is 0.480. The molecule has 90 valence electrons. The summed E-state index contributed by atoms with van der Waals surface area (Å²) in [7, 11) is 2.04. The van der Waals surface area contributed by atoms with E-state index >= 15 is 0 Å². The van der Waals surface area contributed by atoms with E-state index in [0.717, 1.165) is 12.2 Å². The molecule has 0 amide bonds. The van der Waals surface area contributed by atoms with Crippen LogP contribution < -0.4 is 0 Å². The lowest BCUT2D eigenvalue weighted by atomic mass is 10.3. The fourth-order valence-electron chi connectivity index (χ4n) is 1.57. The van der Waals surface area contributed by atoms with E-state index in [4.69, 9.17) is 23.2 Å². The molecule has 17 heavy (non-hydrogen) atoms. The summed E-state index contributed by atoms with van der Waals surface area (Å²) in [6, 6.07) is 5.60. The van der Waals surface area contributed by atoms with Gasteiger partial charge in [-0.2, -0.15) is 11.3 Å². The zero-order valence-electron chi connectivity index (χ0n) is 9.36. The maximum atomic E-state index is 6.08. The second-order valence-electron chi connectivity index (χ2n) is 3.87. The molecule has 0 radical (unpaired) electrons. The van der Waals surface area contributed by atoms with Crippen LogP contribution in [0.4, 0.5) is 0 Å². The zero-order chi connectivity index (χ0) is 12.3. The molecule has 0 N–H and O–H groups in total. The van der Waals surface area contributed by atoms with Crippen molar-refractivity contribution in [2.45, 2.75) is 13.1 Å². The van der Waals surface area contributed by atoms with Crippen molar-refractivity contribution in [3.63, 3.8) is 0 Å². The smallest absolute Gasteiger partial charge is 0.129 e. The van der Waals surface area contributed by atoms with Gasteiger partial charge in [0.15, 0.2) is 0 Å². The maximum Gasteiger partial charge on any atom is 0.129 e. The Kier molecular flexibility index (Phi) is 4.40. The number of hydrogen-bond donors (Lipinski definition) is 0. The van der Waals surface area contributed by atoms with Crippen LogP contribution in [0.5, 0.6) is 0 Å². The minimum Gasteiger partial charge on any atom is -0.296 e. The van der Waals surface area contributed by atoms with Crippen LogP contribution in [0.1, 0.15) is 11.3 Å². The first-order valence-corrected chi connectivity index (χ1v) is 6.85. The van der Waals surface area contributed by atoms with Gasteiger partial charge in [-0.25, -0.2) is 4.98 Å². The van der Waals surface area contributed by atoms with Crippen molar-refractivity contribution in [3.05, 3.63) is 50.4 Å². The Morgan fingerprint density at radius 3 is 2.76 bits per heavy atom. The van der Waals surface area contributed by atoms with Gasteiger partial charge in [0, 0.05) is 13.1 Å². The predicted octanol–water partition coefficient (Wildman–Crippen LogP) is 4.08. The van der Waals surface area contributed by atoms with Crippen LogP contribution in [0.2, 0.25) is 10.2 Å². The number of halogens is 2. The first kappa shape index (κ1) is 12.8. The molecular weight excluding hydrogens is 275 g/mol. The summed E-state index contributed by atoms with van der Waals surface area (Å²) in [4.78, 5) is 6.40. The molecule has 0 aliphatic rings. The third-order valence-electron chi connectivity index (χ3n) is 2.34. The van der Waals surface area contributed by atoms with Gasteiger partial charge in [0.2, 0.25) is 0 Å². The monoisotopic (exact) mass is 286 g/mol. The summed E-state index contributed by atoms with van der Waals surface area (Å²) < 4.78 is 0. The fourth-order valence-corrected chi connectivity index (χ4v) is 2.56. The van der Waals surface area contributed by atoms with Crippen LogP contribution in [-0.2, 0) is 13.1 Å². The van der Waals surface area contributed by atoms with E-state index in [-0.39, 0.29) is 0 Å². The van der Waals surface area contributed by atoms with Crippen molar-refractivity contribution in [2.24, 2.45) is 0 Å². The number of thiophene rings is 1. The summed E-state index contributed by atoms with van der Waals surface area (Å²) in [6.07, 6.45) is 0. The molecule has 0 saturated heterocycles. The first-order chi connectivity index (χ1) is 8.15. The highest BCUT2D eigenvalue weighted by Gasteiger charge is 2.07. The molecule has 2 aromatic heterocycles. The van der Waals surface area contributed by atoms with E-state index in [1.807, 2.05) is 7.05 Å². The lowest BCUT2D eigenvalue weighted by Gasteiger charge is -2.16. The Morgan fingerprint density at radius 1 is 1.24 bits per heavy atom. The van der Waals surface area contributed by atoms with Crippen LogP contribution in [0.3, 0.4) is 0 Å². The molecule has 0 aliphatic heterocycles. The van der Waals surface area contributed by atoms with Crippen molar-refractivity contribution < 1.29 is 0 Å². The summed E-state index contributed by atoms with van der Waals surface area (Å²) >= 11 is 13.6. The van der Waals surface area contributed by atoms with Crippen LogP contribution in [0.15, 0.2) is 29.0 Å². The van der Waals surface area contributed by atoms with Gasteiger partial charge in [0.05, 0.1) is 10.7 Å². The third-order valence-corrected chi connectivity index (χ3v) is 3.62. The lowest BCUT2D eigenvalue weighted by molar-refractivity contribution is 0.315. The second kappa shape index (κ2) is 5.83. The van der Waals surface area contributed by atoms with E-state index in [1.165, 1.54) is 5.56 Å². The summed E-state index contributed by atoms with van der Waals surface area (Å²) in [5.41, 5.74) is 2.12. The van der Waals surface area contributed by atoms with Crippen molar-refractivity contribution >= 4 is 34.5 Å². The molecule has 0 spiro atoms. The normalized spacial score (nSPS) is 11.1. The van der Waals surface area contributed by atoms with Crippen molar-refractivity contribution in [3.8, 4) is 0 Å². The largest absolute Gasteiger partial charge is 0.296 e. The molecule has 0 atom stereocenters. The minimum atomic E-state index is 0.480. The van der Waals surface area contributed by atoms with Crippen LogP contribution in [-0.4, -0.2) is 16.9 Å². The predicted molar refractivity (Wildman–Crippen MR) is 73.7 cm³/mol. The molecule has 2 nitrogen and oxygen atoms in total. The maximum absolute atomic E-state index is 6.08. The molecule has 0 fully saturated rings. The molecule has 2 heterocycles. The Morgan fingerprint density at radius 2 is 2.06 bits per heavy atom. The van der Waals surface area contributed by atoms with Crippen LogP contribution >= 0.6 is 34.5 Å². The van der Waals surface area contributed by atoms with Gasteiger partial charge < -0.3 is 0 Å². The average Bonchev–Trinajstić information content (AvgIpc) is 2.76. The van der Waals surface area contributed by atoms with Crippen LogP contribution in [0.25, 0.3) is 0 Å². The molecule has 2 rings (SSSR count). The molecule has 0 aromatic carbocycles. The molecule has 0 bridgehead atoms. The lowest BCUT2D eigenvalue weighted by Crippen LogP contribution is -2.17. The van der Waals surface area contributed by atoms with Gasteiger partial charge in [0.1, 0.15) is 5.15 Å². The number of hydrogen-bond acceptors (Lipinski definition) is 3. The Labute approximate surface area is 115 Å². The van der Waals surface area contributed by atoms with Gasteiger partial charge >= 0.3 is 0 Å². The summed E-state index contributed by atoms with van der Waals surface area (Å²) in [5.74, 6) is 0. The Hall–Kier alpha value is -0.610. The number of rotatable bonds is 4. The van der Waals surface area contributed by atoms with Gasteiger partial charge in [-0.05, 0) is 41.6 Å². The highest BCUT2D eigenvalue weighted by atomic mass is 35.5. The molecule has 5 heteroatoms. The quantitative estimate of drug-likeness (QED) is 0.788. The molecular formula is C12H12Cl2N2S. The van der Waals surface area contributed by atoms with Crippen LogP contribution in [0, 0.1) is 0 Å². The van der Waals surface area contributed by atoms with E-state index in [0.29, 0.717) is 16.7 Å². The van der Waals surface area contributed by atoms with Gasteiger partial charge in [-0.1, -0.05) is 23.2 Å². The molecule has 0 saturated carbocycles. The molecule has 2 aromatic rings. The van der Waals surface area contributed by atoms with Gasteiger partial charge in [-0.3, -0.25) is 4.90 Å². The highest BCUT2D eigenvalue weighted by molar-refractivity contribution is 7.07. The Balaban J connectivity index is 2.02. The van der Waals surface area contributed by atoms with E-state index in [1.54, 1.807) is 23.5 Å². The van der Waals surface area contributed by atoms with E-state index in [9.17, 15) is 0 Å². The standard InChI is InChI=1S/C12H12Cl2N2S/c1-16(6-9-4-5-17-8-9)7-11-10(13)2-3-12(14)15-11/h2-5,8H,6-7H2,1H3. The van der Waals surface area contributed by atoms with Gasteiger partial charge in [0.25, 0.3) is 0 Å². The summed E-state index contributed by atoms with van der Waals surface area (Å²) in [5, 5.41) is 5.36. The average molecular weight is 287 g/mol. The SMILES string of the molecule is CN(Cc1ccsc1)Cc1nc(Cl)ccc1Cl. The number of aromatic nitrogens is 1. The Bertz CT molecular complexity index is 485. The zero-order valence-corrected chi connectivity index (χ0v) is 11.7. The van der Waals surface area contributed by atoms with E-state index < -0.39 is 0 Å². The highest BCUT2D eigenvalue weighted by Crippen LogP contribution is 2.19. The first-order valence-electron chi connectivity index (χ1n) is 5.15. The van der Waals surface area contributed by atoms with E-state index in [2.05, 4.69) is 26.7 Å².